The third kappa shape index (κ3) is 2.68. The van der Waals surface area contributed by atoms with Crippen LogP contribution in [0.15, 0.2) is 47.8 Å². The average Bonchev–Trinajstić information content (AvgIpc) is 3.10. The Kier molecular flexibility index (Phi) is 4.74. The van der Waals surface area contributed by atoms with E-state index >= 15 is 0 Å². The van der Waals surface area contributed by atoms with Crippen molar-refractivity contribution >= 4 is 11.3 Å². The Bertz CT molecular complexity index is 652. The molecule has 1 aromatic carbocycles. The molecule has 0 radical (unpaired) electrons. The minimum absolute atomic E-state index is 1.07. The van der Waals surface area contributed by atoms with Crippen molar-refractivity contribution < 1.29 is 0 Å². The van der Waals surface area contributed by atoms with Crippen LogP contribution in [-0.2, 0) is 7.05 Å². The number of aromatic nitrogens is 2. The van der Waals surface area contributed by atoms with Crippen LogP contribution in [0.5, 0.6) is 0 Å². The van der Waals surface area contributed by atoms with Crippen molar-refractivity contribution in [1.29, 1.82) is 0 Å². The maximum atomic E-state index is 4.66. The van der Waals surface area contributed by atoms with Crippen LogP contribution in [0.1, 0.15) is 19.4 Å². The minimum atomic E-state index is 1.07. The molecule has 0 aliphatic rings. The fourth-order valence-corrected chi connectivity index (χ4v) is 3.12. The summed E-state index contributed by atoms with van der Waals surface area (Å²) in [5.41, 5.74) is 4.70. The number of benzene rings is 1. The van der Waals surface area contributed by atoms with Gasteiger partial charge in [-0.25, -0.2) is 0 Å². The van der Waals surface area contributed by atoms with E-state index in [0.717, 1.165) is 5.69 Å². The zero-order valence-electron chi connectivity index (χ0n) is 12.4. The molecular formula is C17H20N2S. The van der Waals surface area contributed by atoms with Crippen molar-refractivity contribution in [3.63, 3.8) is 0 Å². The number of nitrogens with zero attached hydrogens (tertiary/aromatic N) is 2. The van der Waals surface area contributed by atoms with E-state index in [1.165, 1.54) is 21.7 Å². The van der Waals surface area contributed by atoms with E-state index in [2.05, 4.69) is 41.7 Å². The fourth-order valence-electron chi connectivity index (χ4n) is 2.26. The highest BCUT2D eigenvalue weighted by Crippen LogP contribution is 2.33. The van der Waals surface area contributed by atoms with Gasteiger partial charge in [-0.05, 0) is 18.4 Å². The molecule has 0 bridgehead atoms. The summed E-state index contributed by atoms with van der Waals surface area (Å²) in [5, 5.41) is 6.76. The Balaban J connectivity index is 0.000000704. The summed E-state index contributed by atoms with van der Waals surface area (Å²) in [7, 11) is 2.01. The highest BCUT2D eigenvalue weighted by Gasteiger charge is 2.15. The first-order valence-corrected chi connectivity index (χ1v) is 7.78. The van der Waals surface area contributed by atoms with Crippen LogP contribution in [0.3, 0.4) is 0 Å². The third-order valence-electron chi connectivity index (χ3n) is 3.09. The summed E-state index contributed by atoms with van der Waals surface area (Å²) in [6.07, 6.45) is 0. The highest BCUT2D eigenvalue weighted by molar-refractivity contribution is 7.13. The maximum absolute atomic E-state index is 4.66. The second-order valence-electron chi connectivity index (χ2n) is 4.29. The van der Waals surface area contributed by atoms with Crippen molar-refractivity contribution in [3.05, 3.63) is 53.4 Å². The number of thiophene rings is 1. The van der Waals surface area contributed by atoms with Crippen LogP contribution in [0.25, 0.3) is 21.8 Å². The lowest BCUT2D eigenvalue weighted by Crippen LogP contribution is -1.92. The molecule has 3 rings (SSSR count). The molecule has 0 aliphatic heterocycles. The summed E-state index contributed by atoms with van der Waals surface area (Å²) in [6.45, 7) is 6.14. The summed E-state index contributed by atoms with van der Waals surface area (Å²) < 4.78 is 1.98. The van der Waals surface area contributed by atoms with Crippen molar-refractivity contribution in [2.24, 2.45) is 7.05 Å². The largest absolute Gasteiger partial charge is 0.266 e. The molecule has 0 unspecified atom stereocenters. The van der Waals surface area contributed by atoms with Gasteiger partial charge in [-0.15, -0.1) is 11.3 Å². The second kappa shape index (κ2) is 6.53. The third-order valence-corrected chi connectivity index (χ3v) is 3.96. The van der Waals surface area contributed by atoms with Gasteiger partial charge in [-0.2, -0.15) is 5.10 Å². The molecule has 2 aromatic heterocycles. The molecule has 0 fully saturated rings. The summed E-state index contributed by atoms with van der Waals surface area (Å²) in [4.78, 5) is 1.27. The van der Waals surface area contributed by atoms with Crippen LogP contribution in [0.2, 0.25) is 0 Å². The Morgan fingerprint density at radius 1 is 1.00 bits per heavy atom. The van der Waals surface area contributed by atoms with Crippen LogP contribution in [0.4, 0.5) is 0 Å². The average molecular weight is 284 g/mol. The predicted octanol–water partition coefficient (Wildman–Crippen LogP) is 5.15. The van der Waals surface area contributed by atoms with Gasteiger partial charge < -0.3 is 0 Å². The lowest BCUT2D eigenvalue weighted by atomic mass is 10.1. The Hall–Kier alpha value is -1.87. The molecule has 3 heteroatoms. The number of hydrogen-bond donors (Lipinski definition) is 0. The van der Waals surface area contributed by atoms with Crippen LogP contribution < -0.4 is 0 Å². The SMILES string of the molecule is CC.Cc1c(-c2ccccc2)nn(C)c1-c1cccs1. The first-order valence-electron chi connectivity index (χ1n) is 6.90. The zero-order chi connectivity index (χ0) is 14.5. The molecule has 0 N–H and O–H groups in total. The molecule has 0 saturated carbocycles. The van der Waals surface area contributed by atoms with E-state index < -0.39 is 0 Å². The summed E-state index contributed by atoms with van der Waals surface area (Å²) in [6, 6.07) is 14.6. The normalized spacial score (nSPS) is 10.0. The van der Waals surface area contributed by atoms with E-state index in [-0.39, 0.29) is 0 Å². The van der Waals surface area contributed by atoms with E-state index in [9.17, 15) is 0 Å². The molecule has 2 nitrogen and oxygen atoms in total. The fraction of sp³-hybridized carbons (Fsp3) is 0.235. The van der Waals surface area contributed by atoms with Gasteiger partial charge in [0.15, 0.2) is 0 Å². The van der Waals surface area contributed by atoms with E-state index in [0.29, 0.717) is 0 Å². The molecule has 3 aromatic rings. The molecular weight excluding hydrogens is 264 g/mol. The lowest BCUT2D eigenvalue weighted by molar-refractivity contribution is 0.780. The molecule has 0 spiro atoms. The van der Waals surface area contributed by atoms with E-state index in [1.54, 1.807) is 11.3 Å². The quantitative estimate of drug-likeness (QED) is 0.636. The number of hydrogen-bond acceptors (Lipinski definition) is 2. The van der Waals surface area contributed by atoms with Gasteiger partial charge in [0.05, 0.1) is 16.3 Å². The Labute approximate surface area is 124 Å². The van der Waals surface area contributed by atoms with Crippen LogP contribution in [-0.4, -0.2) is 9.78 Å². The summed E-state index contributed by atoms with van der Waals surface area (Å²) in [5.74, 6) is 0. The second-order valence-corrected chi connectivity index (χ2v) is 5.24. The molecule has 0 amide bonds. The van der Waals surface area contributed by atoms with Gasteiger partial charge in [0.1, 0.15) is 0 Å². The van der Waals surface area contributed by atoms with Gasteiger partial charge in [0.25, 0.3) is 0 Å². The van der Waals surface area contributed by atoms with E-state index in [4.69, 9.17) is 0 Å². The van der Waals surface area contributed by atoms with Crippen molar-refractivity contribution in [3.8, 4) is 21.8 Å². The topological polar surface area (TPSA) is 17.8 Å². The van der Waals surface area contributed by atoms with Gasteiger partial charge in [0.2, 0.25) is 0 Å². The monoisotopic (exact) mass is 284 g/mol. The Morgan fingerprint density at radius 3 is 2.30 bits per heavy atom. The van der Waals surface area contributed by atoms with Crippen molar-refractivity contribution in [2.45, 2.75) is 20.8 Å². The zero-order valence-corrected chi connectivity index (χ0v) is 13.2. The maximum Gasteiger partial charge on any atom is 0.0959 e. The van der Waals surface area contributed by atoms with Gasteiger partial charge in [-0.1, -0.05) is 50.2 Å². The number of aryl methyl sites for hydroxylation is 1. The van der Waals surface area contributed by atoms with Crippen LogP contribution in [0, 0.1) is 6.92 Å². The van der Waals surface area contributed by atoms with Crippen molar-refractivity contribution in [2.75, 3.05) is 0 Å². The smallest absolute Gasteiger partial charge is 0.0959 e. The lowest BCUT2D eigenvalue weighted by Gasteiger charge is -1.99. The van der Waals surface area contributed by atoms with Crippen LogP contribution >= 0.6 is 11.3 Å². The summed E-state index contributed by atoms with van der Waals surface area (Å²) >= 11 is 1.75. The molecule has 0 atom stereocenters. The molecule has 20 heavy (non-hydrogen) atoms. The number of rotatable bonds is 2. The molecule has 104 valence electrons. The first-order chi connectivity index (χ1) is 9.77. The Morgan fingerprint density at radius 2 is 1.70 bits per heavy atom. The molecule has 0 aliphatic carbocycles. The molecule has 0 saturated heterocycles. The predicted molar refractivity (Wildman–Crippen MR) is 88.0 cm³/mol. The highest BCUT2D eigenvalue weighted by atomic mass is 32.1. The van der Waals surface area contributed by atoms with Gasteiger partial charge in [-0.3, -0.25) is 4.68 Å². The van der Waals surface area contributed by atoms with Gasteiger partial charge in [0, 0.05) is 18.2 Å². The molecule has 2 heterocycles. The first kappa shape index (κ1) is 14.5. The van der Waals surface area contributed by atoms with Crippen molar-refractivity contribution in [1.82, 2.24) is 9.78 Å². The standard InChI is InChI=1S/C15H14N2S.C2H6/c1-11-14(12-7-4-3-5-8-12)16-17(2)15(11)13-9-6-10-18-13;1-2/h3-10H,1-2H3;1-2H3. The van der Waals surface area contributed by atoms with Gasteiger partial charge >= 0.3 is 0 Å². The minimum Gasteiger partial charge on any atom is -0.266 e. The van der Waals surface area contributed by atoms with E-state index in [1.807, 2.05) is 43.8 Å².